The van der Waals surface area contributed by atoms with Gasteiger partial charge in [-0.05, 0) is 6.92 Å². The largest absolute Gasteiger partial charge is 0.294 e. The summed E-state index contributed by atoms with van der Waals surface area (Å²) in [6.45, 7) is 5.35. The molecule has 0 aromatic carbocycles. The molecule has 0 saturated heterocycles. The Morgan fingerprint density at radius 2 is 2.23 bits per heavy atom. The summed E-state index contributed by atoms with van der Waals surface area (Å²) in [5.41, 5.74) is 0.557. The Labute approximate surface area is 77.8 Å². The topological polar surface area (TPSA) is 46.5 Å². The van der Waals surface area contributed by atoms with Crippen LogP contribution in [0.25, 0.3) is 0 Å². The van der Waals surface area contributed by atoms with E-state index >= 15 is 0 Å². The van der Waals surface area contributed by atoms with Gasteiger partial charge in [-0.3, -0.25) is 4.79 Å². The van der Waals surface area contributed by atoms with Gasteiger partial charge < -0.3 is 0 Å². The summed E-state index contributed by atoms with van der Waals surface area (Å²) in [6.07, 6.45) is 6.78. The normalized spacial score (nSPS) is 11.6. The van der Waals surface area contributed by atoms with Gasteiger partial charge >= 0.3 is 0 Å². The molecular weight excluding hydrogens is 166 g/mol. The predicted molar refractivity (Wildman–Crippen MR) is 53.4 cm³/mol. The van der Waals surface area contributed by atoms with E-state index in [1.807, 2.05) is 6.92 Å². The molecule has 0 spiro atoms. The minimum absolute atomic E-state index is 0.0326. The molecule has 0 rings (SSSR count). The summed E-state index contributed by atoms with van der Waals surface area (Å²) in [7, 11) is 0. The Hall–Kier alpha value is -1.51. The van der Waals surface area contributed by atoms with Crippen molar-refractivity contribution in [3.63, 3.8) is 0 Å². The molecule has 0 unspecified atom stereocenters. The molecule has 0 saturated carbocycles. The number of allylic oxidation sites excluding steroid dienone is 5. The number of ketones is 1. The summed E-state index contributed by atoms with van der Waals surface area (Å²) >= 11 is 0. The lowest BCUT2D eigenvalue weighted by Gasteiger charge is -1.96. The van der Waals surface area contributed by atoms with E-state index in [4.69, 9.17) is 0 Å². The molecule has 3 nitrogen and oxygen atoms in total. The van der Waals surface area contributed by atoms with Gasteiger partial charge in [-0.2, -0.15) is 4.91 Å². The highest BCUT2D eigenvalue weighted by molar-refractivity contribution is 5.98. The van der Waals surface area contributed by atoms with Crippen molar-refractivity contribution < 1.29 is 4.79 Å². The van der Waals surface area contributed by atoms with Crippen LogP contribution in [-0.2, 0) is 4.79 Å². The van der Waals surface area contributed by atoms with Gasteiger partial charge in [-0.25, -0.2) is 0 Å². The number of carbonyl (C=O) groups is 1. The smallest absolute Gasteiger partial charge is 0.164 e. The molecule has 0 aromatic rings. The van der Waals surface area contributed by atoms with E-state index in [0.717, 1.165) is 0 Å². The SMILES string of the molecule is C=C/C=C(\C=C/C)C(=O)CCN=O. The first-order chi connectivity index (χ1) is 6.26. The van der Waals surface area contributed by atoms with Crippen molar-refractivity contribution in [3.05, 3.63) is 41.4 Å². The number of Topliss-reactive ketones (excluding diaryl/α,β-unsaturated/α-hetero) is 1. The molecule has 0 amide bonds. The fraction of sp³-hybridized carbons (Fsp3) is 0.300. The van der Waals surface area contributed by atoms with E-state index in [1.165, 1.54) is 0 Å². The van der Waals surface area contributed by atoms with Crippen molar-refractivity contribution in [2.24, 2.45) is 5.18 Å². The van der Waals surface area contributed by atoms with Gasteiger partial charge in [0.25, 0.3) is 0 Å². The van der Waals surface area contributed by atoms with Gasteiger partial charge in [0.15, 0.2) is 5.78 Å². The number of carbonyl (C=O) groups excluding carboxylic acids is 1. The lowest BCUT2D eigenvalue weighted by Crippen LogP contribution is -2.01. The van der Waals surface area contributed by atoms with Crippen LogP contribution in [0.2, 0.25) is 0 Å². The second kappa shape index (κ2) is 7.16. The first-order valence-electron chi connectivity index (χ1n) is 4.04. The Balaban J connectivity index is 4.37. The van der Waals surface area contributed by atoms with Gasteiger partial charge in [0.1, 0.15) is 0 Å². The van der Waals surface area contributed by atoms with Crippen LogP contribution in [0, 0.1) is 4.91 Å². The van der Waals surface area contributed by atoms with Crippen molar-refractivity contribution in [1.29, 1.82) is 0 Å². The van der Waals surface area contributed by atoms with Gasteiger partial charge in [0.05, 0.1) is 6.54 Å². The Kier molecular flexibility index (Phi) is 6.32. The number of rotatable bonds is 6. The average Bonchev–Trinajstić information content (AvgIpc) is 2.14. The molecule has 0 fully saturated rings. The number of nitrogens with zero attached hydrogens (tertiary/aromatic N) is 1. The summed E-state index contributed by atoms with van der Waals surface area (Å²) in [5, 5.41) is 2.63. The van der Waals surface area contributed by atoms with Crippen LogP contribution >= 0.6 is 0 Å². The molecule has 3 heteroatoms. The summed E-state index contributed by atoms with van der Waals surface area (Å²) < 4.78 is 0. The van der Waals surface area contributed by atoms with E-state index in [9.17, 15) is 9.70 Å². The van der Waals surface area contributed by atoms with Crippen LogP contribution in [-0.4, -0.2) is 12.3 Å². The van der Waals surface area contributed by atoms with Gasteiger partial charge in [0.2, 0.25) is 0 Å². The first kappa shape index (κ1) is 11.5. The van der Waals surface area contributed by atoms with Crippen molar-refractivity contribution in [2.75, 3.05) is 6.54 Å². The van der Waals surface area contributed by atoms with Crippen LogP contribution < -0.4 is 0 Å². The Morgan fingerprint density at radius 3 is 2.69 bits per heavy atom. The van der Waals surface area contributed by atoms with Crippen LogP contribution in [0.4, 0.5) is 0 Å². The van der Waals surface area contributed by atoms with Crippen molar-refractivity contribution in [1.82, 2.24) is 0 Å². The zero-order valence-electron chi connectivity index (χ0n) is 7.69. The van der Waals surface area contributed by atoms with E-state index in [1.54, 1.807) is 24.3 Å². The third-order valence-electron chi connectivity index (χ3n) is 1.40. The molecule has 0 radical (unpaired) electrons. The van der Waals surface area contributed by atoms with Crippen LogP contribution in [0.15, 0.2) is 41.6 Å². The molecule has 70 valence electrons. The highest BCUT2D eigenvalue weighted by Gasteiger charge is 2.04. The molecule has 0 bridgehead atoms. The molecule has 0 N–H and O–H groups in total. The lowest BCUT2D eigenvalue weighted by molar-refractivity contribution is -0.115. The molecular formula is C10H13NO2. The van der Waals surface area contributed by atoms with Crippen molar-refractivity contribution >= 4 is 5.78 Å². The van der Waals surface area contributed by atoms with Gasteiger partial charge in [-0.15, -0.1) is 0 Å². The maximum atomic E-state index is 11.3. The van der Waals surface area contributed by atoms with E-state index in [2.05, 4.69) is 11.8 Å². The monoisotopic (exact) mass is 179 g/mol. The van der Waals surface area contributed by atoms with E-state index < -0.39 is 0 Å². The summed E-state index contributed by atoms with van der Waals surface area (Å²) in [5.74, 6) is -0.0856. The van der Waals surface area contributed by atoms with Crippen LogP contribution in [0.3, 0.4) is 0 Å². The third kappa shape index (κ3) is 4.85. The minimum atomic E-state index is -0.0856. The maximum absolute atomic E-state index is 11.3. The van der Waals surface area contributed by atoms with Crippen LogP contribution in [0.1, 0.15) is 13.3 Å². The van der Waals surface area contributed by atoms with Gasteiger partial charge in [-0.1, -0.05) is 36.1 Å². The quantitative estimate of drug-likeness (QED) is 0.357. The fourth-order valence-electron chi connectivity index (χ4n) is 0.839. The summed E-state index contributed by atoms with van der Waals surface area (Å²) in [6, 6.07) is 0. The van der Waals surface area contributed by atoms with Gasteiger partial charge in [0, 0.05) is 12.0 Å². The molecule has 0 atom stereocenters. The molecule has 0 aliphatic carbocycles. The third-order valence-corrected chi connectivity index (χ3v) is 1.40. The highest BCUT2D eigenvalue weighted by atomic mass is 16.3. The minimum Gasteiger partial charge on any atom is -0.294 e. The molecule has 13 heavy (non-hydrogen) atoms. The average molecular weight is 179 g/mol. The van der Waals surface area contributed by atoms with Crippen molar-refractivity contribution in [2.45, 2.75) is 13.3 Å². The predicted octanol–water partition coefficient (Wildman–Crippen LogP) is 2.40. The van der Waals surface area contributed by atoms with E-state index in [-0.39, 0.29) is 18.7 Å². The fourth-order valence-corrected chi connectivity index (χ4v) is 0.839. The Bertz CT molecular complexity index is 252. The highest BCUT2D eigenvalue weighted by Crippen LogP contribution is 2.03. The second-order valence-corrected chi connectivity index (χ2v) is 2.38. The maximum Gasteiger partial charge on any atom is 0.164 e. The first-order valence-corrected chi connectivity index (χ1v) is 4.04. The summed E-state index contributed by atoms with van der Waals surface area (Å²) in [4.78, 5) is 21.1. The molecule has 0 aromatic heterocycles. The molecule has 0 heterocycles. The second-order valence-electron chi connectivity index (χ2n) is 2.38. The standard InChI is InChI=1S/C10H13NO2/c1-3-5-9(6-4-2)10(12)7-8-11-13/h3-6H,1,7-8H2,2H3/b6-4-,9-5+. The number of hydrogen-bond donors (Lipinski definition) is 0. The van der Waals surface area contributed by atoms with Crippen molar-refractivity contribution in [3.8, 4) is 0 Å². The molecule has 0 aliphatic heterocycles. The zero-order chi connectivity index (χ0) is 10.1. The lowest BCUT2D eigenvalue weighted by atomic mass is 10.1. The number of hydrogen-bond acceptors (Lipinski definition) is 3. The zero-order valence-corrected chi connectivity index (χ0v) is 7.69. The Morgan fingerprint density at radius 1 is 1.54 bits per heavy atom. The van der Waals surface area contributed by atoms with E-state index in [0.29, 0.717) is 5.57 Å². The number of nitroso groups, excluding NO2 is 1. The molecule has 0 aliphatic rings. The van der Waals surface area contributed by atoms with Crippen LogP contribution in [0.5, 0.6) is 0 Å².